The average molecular weight is 354 g/mol. The monoisotopic (exact) mass is 354 g/mol. The predicted molar refractivity (Wildman–Crippen MR) is 106 cm³/mol. The molecule has 4 heteroatoms. The summed E-state index contributed by atoms with van der Waals surface area (Å²) in [6, 6.07) is 13.4. The van der Waals surface area contributed by atoms with Crippen molar-refractivity contribution in [2.45, 2.75) is 58.7 Å². The second kappa shape index (κ2) is 7.67. The number of nitrogens with one attached hydrogen (secondary N) is 1. The largest absolute Gasteiger partial charge is 0.444 e. The molecule has 0 aliphatic carbocycles. The van der Waals surface area contributed by atoms with E-state index >= 15 is 0 Å². The van der Waals surface area contributed by atoms with Gasteiger partial charge in [-0.05, 0) is 62.4 Å². The fourth-order valence-electron chi connectivity index (χ4n) is 3.51. The lowest BCUT2D eigenvalue weighted by Crippen LogP contribution is -2.46. The smallest absolute Gasteiger partial charge is 0.410 e. The average Bonchev–Trinajstić information content (AvgIpc) is 2.60. The molecule has 0 atom stereocenters. The van der Waals surface area contributed by atoms with Crippen LogP contribution in [0.5, 0.6) is 0 Å². The normalized spacial score (nSPS) is 16.1. The van der Waals surface area contributed by atoms with Gasteiger partial charge >= 0.3 is 6.09 Å². The van der Waals surface area contributed by atoms with Gasteiger partial charge in [0.25, 0.3) is 0 Å². The van der Waals surface area contributed by atoms with E-state index in [1.54, 1.807) is 0 Å². The number of likely N-dealkylation sites (tertiary alicyclic amines) is 1. The van der Waals surface area contributed by atoms with Crippen molar-refractivity contribution >= 4 is 16.9 Å². The third kappa shape index (κ3) is 4.55. The van der Waals surface area contributed by atoms with Gasteiger partial charge in [0.1, 0.15) is 5.60 Å². The van der Waals surface area contributed by atoms with Crippen LogP contribution in [0.2, 0.25) is 0 Å². The molecule has 1 saturated heterocycles. The van der Waals surface area contributed by atoms with Gasteiger partial charge in [-0.1, -0.05) is 36.4 Å². The van der Waals surface area contributed by atoms with Gasteiger partial charge < -0.3 is 15.0 Å². The zero-order valence-electron chi connectivity index (χ0n) is 16.3. The summed E-state index contributed by atoms with van der Waals surface area (Å²) < 4.78 is 5.46. The minimum Gasteiger partial charge on any atom is -0.444 e. The van der Waals surface area contributed by atoms with Crippen LogP contribution >= 0.6 is 0 Å². The van der Waals surface area contributed by atoms with Crippen LogP contribution in [0, 0.1) is 6.92 Å². The second-order valence-corrected chi connectivity index (χ2v) is 8.19. The topological polar surface area (TPSA) is 41.6 Å². The molecule has 1 aliphatic heterocycles. The molecule has 140 valence electrons. The third-order valence-electron chi connectivity index (χ3n) is 5.04. The first-order valence-electron chi connectivity index (χ1n) is 9.52. The standard InChI is InChI=1S/C22H30N2O2/c1-16-18(10-9-17-7-5-6-8-20(16)17)15-23-19-11-13-24(14-12-19)21(25)26-22(2,3)4/h5-10,19,23H,11-15H2,1-4H3. The van der Waals surface area contributed by atoms with Crippen LogP contribution in [-0.4, -0.2) is 35.7 Å². The SMILES string of the molecule is Cc1c(CNC2CCN(C(=O)OC(C)(C)C)CC2)ccc2ccccc12. The van der Waals surface area contributed by atoms with E-state index in [0.717, 1.165) is 32.5 Å². The summed E-state index contributed by atoms with van der Waals surface area (Å²) in [5, 5.41) is 6.29. The number of aryl methyl sites for hydroxylation is 1. The maximum absolute atomic E-state index is 12.2. The molecule has 2 aromatic carbocycles. The molecule has 0 spiro atoms. The van der Waals surface area contributed by atoms with Crippen LogP contribution in [0.1, 0.15) is 44.7 Å². The van der Waals surface area contributed by atoms with Gasteiger partial charge in [-0.25, -0.2) is 4.79 Å². The number of benzene rings is 2. The van der Waals surface area contributed by atoms with Crippen molar-refractivity contribution in [3.63, 3.8) is 0 Å². The molecule has 2 aromatic rings. The van der Waals surface area contributed by atoms with Crippen LogP contribution < -0.4 is 5.32 Å². The van der Waals surface area contributed by atoms with E-state index in [1.807, 2.05) is 25.7 Å². The molecule has 1 fully saturated rings. The van der Waals surface area contributed by atoms with Crippen LogP contribution in [0.3, 0.4) is 0 Å². The second-order valence-electron chi connectivity index (χ2n) is 8.19. The molecule has 1 amide bonds. The summed E-state index contributed by atoms with van der Waals surface area (Å²) in [7, 11) is 0. The summed E-state index contributed by atoms with van der Waals surface area (Å²) in [5.74, 6) is 0. The maximum Gasteiger partial charge on any atom is 0.410 e. The Labute approximate surface area is 156 Å². The highest BCUT2D eigenvalue weighted by molar-refractivity contribution is 5.86. The van der Waals surface area contributed by atoms with E-state index in [4.69, 9.17) is 4.74 Å². The van der Waals surface area contributed by atoms with Crippen LogP contribution in [0.4, 0.5) is 4.79 Å². The Morgan fingerprint density at radius 3 is 2.54 bits per heavy atom. The number of piperidine rings is 1. The molecule has 0 unspecified atom stereocenters. The number of carbonyl (C=O) groups excluding carboxylic acids is 1. The Bertz CT molecular complexity index is 771. The van der Waals surface area contributed by atoms with Crippen LogP contribution in [0.15, 0.2) is 36.4 Å². The highest BCUT2D eigenvalue weighted by Crippen LogP contribution is 2.22. The van der Waals surface area contributed by atoms with Crippen molar-refractivity contribution in [2.75, 3.05) is 13.1 Å². The molecule has 0 bridgehead atoms. The highest BCUT2D eigenvalue weighted by atomic mass is 16.6. The molecule has 3 rings (SSSR count). The molecule has 0 saturated carbocycles. The van der Waals surface area contributed by atoms with Crippen molar-refractivity contribution in [1.82, 2.24) is 10.2 Å². The van der Waals surface area contributed by atoms with E-state index in [2.05, 4.69) is 48.6 Å². The fraction of sp³-hybridized carbons (Fsp3) is 0.500. The molecular weight excluding hydrogens is 324 g/mol. The van der Waals surface area contributed by atoms with Crippen molar-refractivity contribution in [1.29, 1.82) is 0 Å². The van der Waals surface area contributed by atoms with E-state index in [0.29, 0.717) is 6.04 Å². The molecular formula is C22H30N2O2. The van der Waals surface area contributed by atoms with Gasteiger partial charge in [0.15, 0.2) is 0 Å². The number of rotatable bonds is 3. The van der Waals surface area contributed by atoms with E-state index in [1.165, 1.54) is 21.9 Å². The molecule has 0 aromatic heterocycles. The third-order valence-corrected chi connectivity index (χ3v) is 5.04. The number of amides is 1. The predicted octanol–water partition coefficient (Wildman–Crippen LogP) is 4.64. The Kier molecular flexibility index (Phi) is 5.52. The first kappa shape index (κ1) is 18.7. The first-order valence-corrected chi connectivity index (χ1v) is 9.52. The summed E-state index contributed by atoms with van der Waals surface area (Å²) in [5.41, 5.74) is 2.26. The highest BCUT2D eigenvalue weighted by Gasteiger charge is 2.26. The summed E-state index contributed by atoms with van der Waals surface area (Å²) in [4.78, 5) is 14.0. The van der Waals surface area contributed by atoms with Gasteiger partial charge in [-0.15, -0.1) is 0 Å². The first-order chi connectivity index (χ1) is 12.3. The number of fused-ring (bicyclic) bond motifs is 1. The summed E-state index contributed by atoms with van der Waals surface area (Å²) >= 11 is 0. The van der Waals surface area contributed by atoms with Crippen LogP contribution in [-0.2, 0) is 11.3 Å². The summed E-state index contributed by atoms with van der Waals surface area (Å²) in [6.45, 7) is 10.3. The molecule has 1 N–H and O–H groups in total. The maximum atomic E-state index is 12.2. The van der Waals surface area contributed by atoms with Crippen molar-refractivity contribution in [3.8, 4) is 0 Å². The number of hydrogen-bond acceptors (Lipinski definition) is 3. The van der Waals surface area contributed by atoms with Gasteiger partial charge in [0.05, 0.1) is 0 Å². The Balaban J connectivity index is 1.53. The number of ether oxygens (including phenoxy) is 1. The molecule has 26 heavy (non-hydrogen) atoms. The number of carbonyl (C=O) groups is 1. The molecule has 1 heterocycles. The van der Waals surface area contributed by atoms with Gasteiger partial charge in [-0.2, -0.15) is 0 Å². The van der Waals surface area contributed by atoms with Gasteiger partial charge in [0, 0.05) is 25.7 Å². The van der Waals surface area contributed by atoms with Crippen molar-refractivity contribution in [3.05, 3.63) is 47.5 Å². The molecule has 1 aliphatic rings. The number of nitrogens with zero attached hydrogens (tertiary/aromatic N) is 1. The molecule has 0 radical (unpaired) electrons. The number of hydrogen-bond donors (Lipinski definition) is 1. The van der Waals surface area contributed by atoms with Gasteiger partial charge in [0.2, 0.25) is 0 Å². The van der Waals surface area contributed by atoms with Crippen LogP contribution in [0.25, 0.3) is 10.8 Å². The van der Waals surface area contributed by atoms with Crippen molar-refractivity contribution in [2.24, 2.45) is 0 Å². The lowest BCUT2D eigenvalue weighted by Gasteiger charge is -2.34. The van der Waals surface area contributed by atoms with Gasteiger partial charge in [-0.3, -0.25) is 0 Å². The zero-order chi connectivity index (χ0) is 18.7. The zero-order valence-corrected chi connectivity index (χ0v) is 16.3. The van der Waals surface area contributed by atoms with E-state index in [9.17, 15) is 4.79 Å². The lowest BCUT2D eigenvalue weighted by atomic mass is 9.99. The Morgan fingerprint density at radius 1 is 1.15 bits per heavy atom. The Morgan fingerprint density at radius 2 is 1.85 bits per heavy atom. The quantitative estimate of drug-likeness (QED) is 0.873. The lowest BCUT2D eigenvalue weighted by molar-refractivity contribution is 0.0198. The van der Waals surface area contributed by atoms with Crippen molar-refractivity contribution < 1.29 is 9.53 Å². The van der Waals surface area contributed by atoms with E-state index in [-0.39, 0.29) is 6.09 Å². The minimum atomic E-state index is -0.431. The fourth-order valence-corrected chi connectivity index (χ4v) is 3.51. The Hall–Kier alpha value is -2.07. The molecule has 4 nitrogen and oxygen atoms in total. The minimum absolute atomic E-state index is 0.193. The van der Waals surface area contributed by atoms with E-state index < -0.39 is 5.60 Å². The summed E-state index contributed by atoms with van der Waals surface area (Å²) in [6.07, 6.45) is 1.74.